The van der Waals surface area contributed by atoms with E-state index in [0.29, 0.717) is 18.1 Å². The quantitative estimate of drug-likeness (QED) is 0.848. The van der Waals surface area contributed by atoms with Crippen LogP contribution in [0.2, 0.25) is 0 Å². The third-order valence-corrected chi connectivity index (χ3v) is 4.87. The molecule has 20 heavy (non-hydrogen) atoms. The molecule has 0 amide bonds. The van der Waals surface area contributed by atoms with E-state index in [0.717, 1.165) is 50.0 Å². The van der Waals surface area contributed by atoms with Gasteiger partial charge in [0.05, 0.1) is 18.8 Å². The lowest BCUT2D eigenvalue weighted by Crippen LogP contribution is -2.59. The highest BCUT2D eigenvalue weighted by atomic mass is 32.1. The zero-order valence-corrected chi connectivity index (χ0v) is 13.4. The molecule has 0 N–H and O–H groups in total. The van der Waals surface area contributed by atoms with Gasteiger partial charge in [-0.05, 0) is 19.4 Å². The van der Waals surface area contributed by atoms with Crippen molar-refractivity contribution in [2.24, 2.45) is 5.92 Å². The third kappa shape index (κ3) is 2.97. The molecular weight excluding hydrogens is 272 g/mol. The van der Waals surface area contributed by atoms with Crippen LogP contribution < -0.4 is 4.90 Å². The summed E-state index contributed by atoms with van der Waals surface area (Å²) in [7, 11) is 2.19. The molecule has 5 nitrogen and oxygen atoms in total. The highest BCUT2D eigenvalue weighted by molar-refractivity contribution is 7.09. The molecule has 0 aromatic carbocycles. The van der Waals surface area contributed by atoms with Crippen molar-refractivity contribution in [2.75, 3.05) is 38.2 Å². The van der Waals surface area contributed by atoms with Gasteiger partial charge in [0.25, 0.3) is 0 Å². The van der Waals surface area contributed by atoms with Gasteiger partial charge in [-0.3, -0.25) is 0 Å². The van der Waals surface area contributed by atoms with Crippen molar-refractivity contribution < 1.29 is 4.74 Å². The predicted molar refractivity (Wildman–Crippen MR) is 81.4 cm³/mol. The Hall–Kier alpha value is -0.720. The summed E-state index contributed by atoms with van der Waals surface area (Å²) >= 11 is 1.55. The van der Waals surface area contributed by atoms with Crippen LogP contribution in [0.15, 0.2) is 0 Å². The van der Waals surface area contributed by atoms with Crippen LogP contribution in [0.4, 0.5) is 5.13 Å². The third-order valence-electron chi connectivity index (χ3n) is 4.08. The number of rotatable bonds is 3. The largest absolute Gasteiger partial charge is 0.374 e. The second kappa shape index (κ2) is 5.95. The van der Waals surface area contributed by atoms with E-state index >= 15 is 0 Å². The van der Waals surface area contributed by atoms with E-state index in [-0.39, 0.29) is 0 Å². The lowest BCUT2D eigenvalue weighted by molar-refractivity contribution is -0.0243. The van der Waals surface area contributed by atoms with Crippen LogP contribution in [-0.2, 0) is 11.2 Å². The summed E-state index contributed by atoms with van der Waals surface area (Å²) in [5, 5.41) is 1.08. The number of aromatic nitrogens is 2. The topological polar surface area (TPSA) is 41.5 Å². The highest BCUT2D eigenvalue weighted by Crippen LogP contribution is 2.29. The summed E-state index contributed by atoms with van der Waals surface area (Å²) in [4.78, 5) is 9.56. The van der Waals surface area contributed by atoms with Crippen LogP contribution in [0.5, 0.6) is 0 Å². The SMILES string of the molecule is CC(C)Cc1nsc(N2CCO[C@H]3CCN(C)C[C@H]32)n1. The molecule has 0 bridgehead atoms. The number of nitrogens with zero attached hydrogens (tertiary/aromatic N) is 4. The van der Waals surface area contributed by atoms with Crippen molar-refractivity contribution in [1.82, 2.24) is 14.3 Å². The first-order chi connectivity index (χ1) is 9.63. The van der Waals surface area contributed by atoms with Gasteiger partial charge in [-0.2, -0.15) is 4.37 Å². The van der Waals surface area contributed by atoms with Crippen molar-refractivity contribution in [3.8, 4) is 0 Å². The maximum atomic E-state index is 5.94. The number of hydrogen-bond donors (Lipinski definition) is 0. The van der Waals surface area contributed by atoms with Gasteiger partial charge in [-0.25, -0.2) is 4.98 Å². The molecule has 3 heterocycles. The molecule has 0 aliphatic carbocycles. The second-order valence-corrected chi connectivity index (χ2v) is 7.04. The molecule has 2 aliphatic rings. The molecule has 2 aliphatic heterocycles. The number of anilines is 1. The number of piperidine rings is 1. The molecule has 1 aromatic heterocycles. The Morgan fingerprint density at radius 3 is 3.05 bits per heavy atom. The summed E-state index contributed by atoms with van der Waals surface area (Å²) in [6, 6.07) is 0.433. The number of ether oxygens (including phenoxy) is 1. The maximum absolute atomic E-state index is 5.94. The van der Waals surface area contributed by atoms with Gasteiger partial charge in [0, 0.05) is 37.6 Å². The molecular formula is C14H24N4OS. The van der Waals surface area contributed by atoms with Crippen LogP contribution in [0.25, 0.3) is 0 Å². The minimum Gasteiger partial charge on any atom is -0.374 e. The monoisotopic (exact) mass is 296 g/mol. The highest BCUT2D eigenvalue weighted by Gasteiger charge is 2.37. The van der Waals surface area contributed by atoms with Crippen molar-refractivity contribution >= 4 is 16.7 Å². The summed E-state index contributed by atoms with van der Waals surface area (Å²) in [6.07, 6.45) is 2.45. The summed E-state index contributed by atoms with van der Waals surface area (Å²) in [5.41, 5.74) is 0. The predicted octanol–water partition coefficient (Wildman–Crippen LogP) is 1.65. The van der Waals surface area contributed by atoms with Gasteiger partial charge in [-0.15, -0.1) is 0 Å². The van der Waals surface area contributed by atoms with Gasteiger partial charge < -0.3 is 14.5 Å². The minimum absolute atomic E-state index is 0.359. The Labute approximate surface area is 125 Å². The zero-order chi connectivity index (χ0) is 14.1. The van der Waals surface area contributed by atoms with Crippen LogP contribution >= 0.6 is 11.5 Å². The molecule has 0 unspecified atom stereocenters. The Balaban J connectivity index is 1.75. The molecule has 0 spiro atoms. The Morgan fingerprint density at radius 1 is 1.40 bits per heavy atom. The van der Waals surface area contributed by atoms with Gasteiger partial charge in [0.2, 0.25) is 5.13 Å². The number of likely N-dealkylation sites (tertiary alicyclic amines) is 1. The number of likely N-dealkylation sites (N-methyl/N-ethyl adjacent to an activating group) is 1. The number of morpholine rings is 1. The van der Waals surface area contributed by atoms with E-state index in [2.05, 4.69) is 35.1 Å². The smallest absolute Gasteiger partial charge is 0.205 e. The number of hydrogen-bond acceptors (Lipinski definition) is 6. The van der Waals surface area contributed by atoms with Crippen molar-refractivity contribution in [3.05, 3.63) is 5.82 Å². The fourth-order valence-corrected chi connectivity index (χ4v) is 3.86. The van der Waals surface area contributed by atoms with Gasteiger partial charge in [0.15, 0.2) is 0 Å². The Kier molecular flexibility index (Phi) is 4.23. The summed E-state index contributed by atoms with van der Waals surface area (Å²) in [6.45, 7) is 8.35. The molecule has 3 rings (SSSR count). The van der Waals surface area contributed by atoms with E-state index in [1.54, 1.807) is 11.5 Å². The van der Waals surface area contributed by atoms with Crippen LogP contribution in [-0.4, -0.2) is 59.7 Å². The lowest BCUT2D eigenvalue weighted by atomic mass is 10.00. The van der Waals surface area contributed by atoms with Gasteiger partial charge in [-0.1, -0.05) is 13.8 Å². The zero-order valence-electron chi connectivity index (χ0n) is 12.6. The molecule has 0 radical (unpaired) electrons. The van der Waals surface area contributed by atoms with Crippen LogP contribution in [0.1, 0.15) is 26.1 Å². The minimum atomic E-state index is 0.359. The van der Waals surface area contributed by atoms with E-state index in [1.807, 2.05) is 0 Å². The van der Waals surface area contributed by atoms with Crippen molar-refractivity contribution in [3.63, 3.8) is 0 Å². The lowest BCUT2D eigenvalue weighted by Gasteiger charge is -2.46. The second-order valence-electron chi connectivity index (χ2n) is 6.31. The molecule has 112 valence electrons. The fraction of sp³-hybridized carbons (Fsp3) is 0.857. The standard InChI is InChI=1S/C14H24N4OS/c1-10(2)8-13-15-14(20-16-13)18-6-7-19-12-4-5-17(3)9-11(12)18/h10-12H,4-9H2,1-3H3/t11-,12+/m1/s1. The molecule has 6 heteroatoms. The van der Waals surface area contributed by atoms with Crippen LogP contribution in [0, 0.1) is 5.92 Å². The van der Waals surface area contributed by atoms with E-state index in [9.17, 15) is 0 Å². The van der Waals surface area contributed by atoms with Gasteiger partial charge >= 0.3 is 0 Å². The Bertz CT molecular complexity index is 450. The molecule has 2 saturated heterocycles. The normalized spacial score (nSPS) is 27.9. The molecule has 2 fully saturated rings. The first-order valence-electron chi connectivity index (χ1n) is 7.53. The summed E-state index contributed by atoms with van der Waals surface area (Å²) < 4.78 is 10.5. The average Bonchev–Trinajstić information content (AvgIpc) is 2.85. The average molecular weight is 296 g/mol. The van der Waals surface area contributed by atoms with E-state index in [1.165, 1.54) is 0 Å². The maximum Gasteiger partial charge on any atom is 0.205 e. The van der Waals surface area contributed by atoms with E-state index < -0.39 is 0 Å². The molecule has 1 aromatic rings. The number of fused-ring (bicyclic) bond motifs is 1. The molecule has 0 saturated carbocycles. The van der Waals surface area contributed by atoms with Crippen LogP contribution in [0.3, 0.4) is 0 Å². The first kappa shape index (κ1) is 14.2. The summed E-state index contributed by atoms with van der Waals surface area (Å²) in [5.74, 6) is 1.60. The molecule has 2 atom stereocenters. The Morgan fingerprint density at radius 2 is 2.25 bits per heavy atom. The van der Waals surface area contributed by atoms with Gasteiger partial charge in [0.1, 0.15) is 5.82 Å². The van der Waals surface area contributed by atoms with Crippen molar-refractivity contribution in [1.29, 1.82) is 0 Å². The van der Waals surface area contributed by atoms with E-state index in [4.69, 9.17) is 9.72 Å². The van der Waals surface area contributed by atoms with Crippen molar-refractivity contribution in [2.45, 2.75) is 38.8 Å². The fourth-order valence-electron chi connectivity index (χ4n) is 3.08. The first-order valence-corrected chi connectivity index (χ1v) is 8.30.